The van der Waals surface area contributed by atoms with E-state index in [0.29, 0.717) is 0 Å². The van der Waals surface area contributed by atoms with Crippen LogP contribution >= 0.6 is 0 Å². The molecule has 2 atom stereocenters. The fraction of sp³-hybridized carbons (Fsp3) is 0.333. The van der Waals surface area contributed by atoms with Gasteiger partial charge in [0.25, 0.3) is 0 Å². The van der Waals surface area contributed by atoms with Gasteiger partial charge in [-0.1, -0.05) is 25.2 Å². The smallest absolute Gasteiger partial charge is 0.335 e. The molecular weight excluding hydrogens is 172 g/mol. The highest BCUT2D eigenvalue weighted by atomic mass is 16.4. The zero-order valence-electron chi connectivity index (χ0n) is 7.10. The van der Waals surface area contributed by atoms with Crippen LogP contribution in [-0.4, -0.2) is 22.2 Å². The third-order valence-electron chi connectivity index (χ3n) is 2.02. The summed E-state index contributed by atoms with van der Waals surface area (Å²) in [5.41, 5.74) is 0.157. The Morgan fingerprint density at radius 3 is 2.38 bits per heavy atom. The Hall–Kier alpha value is -1.58. The molecule has 0 radical (unpaired) electrons. The Morgan fingerprint density at radius 1 is 1.38 bits per heavy atom. The first-order valence-corrected chi connectivity index (χ1v) is 3.88. The van der Waals surface area contributed by atoms with E-state index in [1.165, 1.54) is 18.2 Å². The summed E-state index contributed by atoms with van der Waals surface area (Å²) in [5, 5.41) is 17.3. The molecule has 0 aromatic carbocycles. The van der Waals surface area contributed by atoms with Crippen molar-refractivity contribution in [2.24, 2.45) is 11.8 Å². The zero-order valence-corrected chi connectivity index (χ0v) is 7.10. The minimum absolute atomic E-state index is 0.157. The lowest BCUT2D eigenvalue weighted by Gasteiger charge is -2.17. The fourth-order valence-corrected chi connectivity index (χ4v) is 1.27. The van der Waals surface area contributed by atoms with Crippen molar-refractivity contribution in [1.29, 1.82) is 0 Å². The average molecular weight is 182 g/mol. The molecule has 13 heavy (non-hydrogen) atoms. The maximum Gasteiger partial charge on any atom is 0.335 e. The number of carboxylic acid groups (broad SMARTS) is 2. The topological polar surface area (TPSA) is 74.6 Å². The number of hydrogen-bond acceptors (Lipinski definition) is 2. The van der Waals surface area contributed by atoms with Crippen molar-refractivity contribution in [3.8, 4) is 0 Å². The molecule has 0 fully saturated rings. The Labute approximate surface area is 75.2 Å². The van der Waals surface area contributed by atoms with Gasteiger partial charge in [-0.2, -0.15) is 0 Å². The number of hydrogen-bond donors (Lipinski definition) is 2. The van der Waals surface area contributed by atoms with Crippen LogP contribution in [0.4, 0.5) is 0 Å². The molecule has 1 rings (SSSR count). The van der Waals surface area contributed by atoms with Crippen LogP contribution in [-0.2, 0) is 9.59 Å². The van der Waals surface area contributed by atoms with Gasteiger partial charge in [0.15, 0.2) is 0 Å². The second-order valence-corrected chi connectivity index (χ2v) is 3.01. The van der Waals surface area contributed by atoms with E-state index in [2.05, 4.69) is 0 Å². The summed E-state index contributed by atoms with van der Waals surface area (Å²) >= 11 is 0. The first-order chi connectivity index (χ1) is 6.02. The highest BCUT2D eigenvalue weighted by Crippen LogP contribution is 2.22. The molecule has 1 aliphatic carbocycles. The Bertz CT molecular complexity index is 301. The van der Waals surface area contributed by atoms with Gasteiger partial charge in [-0.05, 0) is 5.92 Å². The minimum Gasteiger partial charge on any atom is -0.481 e. The minimum atomic E-state index is -1.02. The first-order valence-electron chi connectivity index (χ1n) is 3.88. The lowest BCUT2D eigenvalue weighted by molar-refractivity contribution is -0.141. The Kier molecular flexibility index (Phi) is 2.51. The van der Waals surface area contributed by atoms with Gasteiger partial charge >= 0.3 is 11.9 Å². The average Bonchev–Trinajstić information content (AvgIpc) is 2.03. The predicted octanol–water partition coefficient (Wildman–Crippen LogP) is 0.904. The van der Waals surface area contributed by atoms with Gasteiger partial charge in [-0.3, -0.25) is 4.79 Å². The van der Waals surface area contributed by atoms with Crippen molar-refractivity contribution >= 4 is 11.9 Å². The molecule has 0 saturated heterocycles. The van der Waals surface area contributed by atoms with Gasteiger partial charge in [0.2, 0.25) is 0 Å². The van der Waals surface area contributed by atoms with E-state index < -0.39 is 17.9 Å². The Morgan fingerprint density at radius 2 is 2.00 bits per heavy atom. The lowest BCUT2D eigenvalue weighted by atomic mass is 9.87. The molecule has 2 unspecified atom stereocenters. The molecule has 0 aliphatic heterocycles. The van der Waals surface area contributed by atoms with E-state index in [0.717, 1.165) is 0 Å². The van der Waals surface area contributed by atoms with Gasteiger partial charge in [-0.25, -0.2) is 4.79 Å². The van der Waals surface area contributed by atoms with Crippen molar-refractivity contribution in [2.45, 2.75) is 6.92 Å². The number of carbonyl (C=O) groups is 2. The summed E-state index contributed by atoms with van der Waals surface area (Å²) in [6.45, 7) is 1.69. The first kappa shape index (κ1) is 9.51. The molecule has 0 aromatic rings. The van der Waals surface area contributed by atoms with E-state index in [-0.39, 0.29) is 11.5 Å². The largest absolute Gasteiger partial charge is 0.481 e. The van der Waals surface area contributed by atoms with Crippen molar-refractivity contribution in [1.82, 2.24) is 0 Å². The second kappa shape index (κ2) is 3.43. The van der Waals surface area contributed by atoms with Crippen molar-refractivity contribution in [3.63, 3.8) is 0 Å². The fourth-order valence-electron chi connectivity index (χ4n) is 1.27. The summed E-state index contributed by atoms with van der Waals surface area (Å²) in [5.74, 6) is -2.83. The molecular formula is C9H10O4. The third-order valence-corrected chi connectivity index (χ3v) is 2.02. The molecule has 0 aromatic heterocycles. The van der Waals surface area contributed by atoms with Gasteiger partial charge in [0, 0.05) is 0 Å². The molecule has 4 nitrogen and oxygen atoms in total. The summed E-state index contributed by atoms with van der Waals surface area (Å²) < 4.78 is 0. The van der Waals surface area contributed by atoms with Crippen molar-refractivity contribution in [3.05, 3.63) is 23.8 Å². The molecule has 1 aliphatic rings. The summed E-state index contributed by atoms with van der Waals surface area (Å²) in [7, 11) is 0. The quantitative estimate of drug-likeness (QED) is 0.665. The van der Waals surface area contributed by atoms with Crippen LogP contribution in [0.1, 0.15) is 6.92 Å². The number of carboxylic acids is 2. The monoisotopic (exact) mass is 182 g/mol. The molecule has 0 spiro atoms. The summed E-state index contributed by atoms with van der Waals surface area (Å²) in [6.07, 6.45) is 4.21. The van der Waals surface area contributed by atoms with E-state index in [9.17, 15) is 9.59 Å². The number of aliphatic carboxylic acids is 2. The van der Waals surface area contributed by atoms with Gasteiger partial charge < -0.3 is 10.2 Å². The van der Waals surface area contributed by atoms with Crippen LogP contribution in [0.25, 0.3) is 0 Å². The second-order valence-electron chi connectivity index (χ2n) is 3.01. The highest BCUT2D eigenvalue weighted by Gasteiger charge is 2.24. The Balaban J connectivity index is 2.85. The summed E-state index contributed by atoms with van der Waals surface area (Å²) in [6, 6.07) is 0. The van der Waals surface area contributed by atoms with Crippen LogP contribution in [0.15, 0.2) is 23.8 Å². The molecule has 0 bridgehead atoms. The van der Waals surface area contributed by atoms with Crippen molar-refractivity contribution < 1.29 is 19.8 Å². The van der Waals surface area contributed by atoms with Gasteiger partial charge in [-0.15, -0.1) is 0 Å². The van der Waals surface area contributed by atoms with Crippen LogP contribution in [0.2, 0.25) is 0 Å². The standard InChI is InChI=1S/C9H10O4/c1-5-4-6(8(10)11)2-3-7(5)9(12)13/h2-5,7H,1H3,(H,10,11)(H,12,13). The van der Waals surface area contributed by atoms with Crippen molar-refractivity contribution in [2.75, 3.05) is 0 Å². The van der Waals surface area contributed by atoms with Gasteiger partial charge in [0.1, 0.15) is 0 Å². The van der Waals surface area contributed by atoms with E-state index in [1.807, 2.05) is 0 Å². The highest BCUT2D eigenvalue weighted by molar-refractivity contribution is 5.91. The van der Waals surface area contributed by atoms with Gasteiger partial charge in [0.05, 0.1) is 11.5 Å². The predicted molar refractivity (Wildman–Crippen MR) is 45.1 cm³/mol. The number of rotatable bonds is 2. The van der Waals surface area contributed by atoms with E-state index in [4.69, 9.17) is 10.2 Å². The SMILES string of the molecule is CC1C=C(C(=O)O)C=CC1C(=O)O. The normalized spacial score (nSPS) is 26.7. The van der Waals surface area contributed by atoms with E-state index >= 15 is 0 Å². The molecule has 2 N–H and O–H groups in total. The molecule has 0 saturated carbocycles. The lowest BCUT2D eigenvalue weighted by Crippen LogP contribution is -2.21. The molecule has 0 heterocycles. The van der Waals surface area contributed by atoms with Crippen LogP contribution in [0.3, 0.4) is 0 Å². The van der Waals surface area contributed by atoms with Crippen LogP contribution in [0.5, 0.6) is 0 Å². The van der Waals surface area contributed by atoms with Crippen LogP contribution < -0.4 is 0 Å². The van der Waals surface area contributed by atoms with E-state index in [1.54, 1.807) is 6.92 Å². The maximum atomic E-state index is 10.6. The molecule has 4 heteroatoms. The molecule has 0 amide bonds. The molecule has 70 valence electrons. The zero-order chi connectivity index (χ0) is 10.0. The maximum absolute atomic E-state index is 10.6. The third kappa shape index (κ3) is 1.96. The van der Waals surface area contributed by atoms with Crippen LogP contribution in [0, 0.1) is 11.8 Å². The number of allylic oxidation sites excluding steroid dienone is 1. The summed E-state index contributed by atoms with van der Waals surface area (Å²) in [4.78, 5) is 21.1.